The van der Waals surface area contributed by atoms with E-state index in [9.17, 15) is 10.1 Å². The van der Waals surface area contributed by atoms with Crippen molar-refractivity contribution in [2.75, 3.05) is 12.3 Å². The van der Waals surface area contributed by atoms with Crippen LogP contribution in [0.2, 0.25) is 0 Å². The van der Waals surface area contributed by atoms with Crippen LogP contribution in [-0.2, 0) is 10.2 Å². The largest absolute Gasteiger partial charge is 0.354 e. The van der Waals surface area contributed by atoms with Crippen LogP contribution in [-0.4, -0.2) is 23.2 Å². The topological polar surface area (TPSA) is 65.8 Å². The Morgan fingerprint density at radius 1 is 1.22 bits per heavy atom. The first kappa shape index (κ1) is 19.4. The van der Waals surface area contributed by atoms with Crippen LogP contribution in [0.4, 0.5) is 0 Å². The minimum absolute atomic E-state index is 0.0104. The van der Waals surface area contributed by atoms with Crippen molar-refractivity contribution in [2.24, 2.45) is 0 Å². The Morgan fingerprint density at radius 2 is 1.93 bits per heavy atom. The number of thioether (sulfide) groups is 1. The molecule has 27 heavy (non-hydrogen) atoms. The van der Waals surface area contributed by atoms with Crippen molar-refractivity contribution in [3.8, 4) is 6.07 Å². The number of rotatable bonds is 6. The van der Waals surface area contributed by atoms with Gasteiger partial charge >= 0.3 is 0 Å². The maximum atomic E-state index is 12.4. The highest BCUT2D eigenvalue weighted by Gasteiger charge is 2.38. The van der Waals surface area contributed by atoms with Crippen molar-refractivity contribution in [2.45, 2.75) is 50.5 Å². The summed E-state index contributed by atoms with van der Waals surface area (Å²) in [6, 6.07) is 12.7. The number of aryl methyl sites for hydroxylation is 1. The maximum Gasteiger partial charge on any atom is 0.230 e. The van der Waals surface area contributed by atoms with E-state index in [0.717, 1.165) is 29.7 Å². The van der Waals surface area contributed by atoms with Gasteiger partial charge in [-0.1, -0.05) is 48.5 Å². The molecule has 1 N–H and O–H groups in total. The van der Waals surface area contributed by atoms with E-state index in [1.165, 1.54) is 23.7 Å². The summed E-state index contributed by atoms with van der Waals surface area (Å²) in [6.07, 6.45) is 3.43. The SMILES string of the molecule is Cc1nc(SCC(=O)NCC2(c3ccccc3)CCC2)c(C#N)c(C)c1C. The molecule has 1 heterocycles. The molecule has 0 aliphatic heterocycles. The smallest absolute Gasteiger partial charge is 0.230 e. The van der Waals surface area contributed by atoms with Crippen molar-refractivity contribution < 1.29 is 4.79 Å². The van der Waals surface area contributed by atoms with E-state index in [2.05, 4.69) is 40.6 Å². The first-order chi connectivity index (χ1) is 13.0. The van der Waals surface area contributed by atoms with E-state index >= 15 is 0 Å². The number of hydrogen-bond acceptors (Lipinski definition) is 4. The fraction of sp³-hybridized carbons (Fsp3) is 0.409. The molecule has 1 aromatic heterocycles. The van der Waals surface area contributed by atoms with Crippen LogP contribution in [0.15, 0.2) is 35.4 Å². The summed E-state index contributed by atoms with van der Waals surface area (Å²) >= 11 is 1.34. The van der Waals surface area contributed by atoms with E-state index in [-0.39, 0.29) is 17.1 Å². The van der Waals surface area contributed by atoms with Gasteiger partial charge in [0.1, 0.15) is 11.1 Å². The van der Waals surface area contributed by atoms with Gasteiger partial charge in [0.15, 0.2) is 0 Å². The second kappa shape index (κ2) is 8.14. The van der Waals surface area contributed by atoms with E-state index < -0.39 is 0 Å². The number of nitrogens with one attached hydrogen (secondary N) is 1. The zero-order valence-electron chi connectivity index (χ0n) is 16.1. The Morgan fingerprint density at radius 3 is 2.52 bits per heavy atom. The Kier molecular flexibility index (Phi) is 5.86. The highest BCUT2D eigenvalue weighted by atomic mass is 32.2. The second-order valence-corrected chi connectivity index (χ2v) is 8.27. The molecule has 1 aliphatic carbocycles. The quantitative estimate of drug-likeness (QED) is 0.764. The summed E-state index contributed by atoms with van der Waals surface area (Å²) in [5.74, 6) is 0.262. The molecule has 2 aromatic rings. The summed E-state index contributed by atoms with van der Waals surface area (Å²) in [5.41, 5.74) is 4.86. The predicted molar refractivity (Wildman–Crippen MR) is 109 cm³/mol. The zero-order chi connectivity index (χ0) is 19.4. The third-order valence-electron chi connectivity index (χ3n) is 5.74. The molecule has 0 spiro atoms. The van der Waals surface area contributed by atoms with Gasteiger partial charge in [-0.3, -0.25) is 4.79 Å². The number of aromatic nitrogens is 1. The van der Waals surface area contributed by atoms with E-state index in [4.69, 9.17) is 0 Å². The number of amides is 1. The molecule has 1 fully saturated rings. The molecular weight excluding hydrogens is 354 g/mol. The minimum Gasteiger partial charge on any atom is -0.354 e. The zero-order valence-corrected chi connectivity index (χ0v) is 16.9. The number of pyridine rings is 1. The molecular formula is C22H25N3OS. The molecule has 1 saturated carbocycles. The van der Waals surface area contributed by atoms with Crippen LogP contribution in [0.3, 0.4) is 0 Å². The monoisotopic (exact) mass is 379 g/mol. The summed E-state index contributed by atoms with van der Waals surface area (Å²) in [7, 11) is 0. The molecule has 0 bridgehead atoms. The fourth-order valence-electron chi connectivity index (χ4n) is 3.56. The van der Waals surface area contributed by atoms with Crippen LogP contribution in [0.5, 0.6) is 0 Å². The molecule has 1 aromatic carbocycles. The van der Waals surface area contributed by atoms with Gasteiger partial charge in [-0.05, 0) is 50.3 Å². The average Bonchev–Trinajstić information content (AvgIpc) is 2.64. The molecule has 3 rings (SSSR count). The van der Waals surface area contributed by atoms with Crippen molar-refractivity contribution in [1.82, 2.24) is 10.3 Å². The molecule has 0 saturated heterocycles. The second-order valence-electron chi connectivity index (χ2n) is 7.30. The standard InChI is InChI=1S/C22H25N3OS/c1-15-16(2)19(12-23)21(25-17(15)3)27-13-20(26)24-14-22(10-7-11-22)18-8-5-4-6-9-18/h4-6,8-9H,7,10-11,13-14H2,1-3H3,(H,24,26). The molecule has 1 aliphatic rings. The van der Waals surface area contributed by atoms with Crippen LogP contribution in [0.1, 0.15) is 47.2 Å². The lowest BCUT2D eigenvalue weighted by atomic mass is 9.64. The third-order valence-corrected chi connectivity index (χ3v) is 6.71. The van der Waals surface area contributed by atoms with E-state index in [0.29, 0.717) is 17.1 Å². The van der Waals surface area contributed by atoms with Gasteiger partial charge in [0, 0.05) is 17.7 Å². The van der Waals surface area contributed by atoms with Crippen molar-refractivity contribution >= 4 is 17.7 Å². The maximum absolute atomic E-state index is 12.4. The molecule has 140 valence electrons. The molecule has 0 unspecified atom stereocenters. The van der Waals surface area contributed by atoms with Crippen molar-refractivity contribution in [3.05, 3.63) is 58.3 Å². The Balaban J connectivity index is 1.62. The average molecular weight is 380 g/mol. The number of hydrogen-bond donors (Lipinski definition) is 1. The van der Waals surface area contributed by atoms with Crippen molar-refractivity contribution in [3.63, 3.8) is 0 Å². The minimum atomic E-state index is -0.0104. The van der Waals surface area contributed by atoms with Crippen LogP contribution >= 0.6 is 11.8 Å². The lowest BCUT2D eigenvalue weighted by Gasteiger charge is -2.42. The summed E-state index contributed by atoms with van der Waals surface area (Å²) in [5, 5.41) is 13.2. The molecule has 1 amide bonds. The van der Waals surface area contributed by atoms with Gasteiger partial charge in [0.2, 0.25) is 5.91 Å². The lowest BCUT2D eigenvalue weighted by Crippen LogP contribution is -2.46. The predicted octanol–water partition coefficient (Wildman–Crippen LogP) is 4.21. The van der Waals surface area contributed by atoms with Crippen molar-refractivity contribution in [1.29, 1.82) is 5.26 Å². The molecule has 0 radical (unpaired) electrons. The summed E-state index contributed by atoms with van der Waals surface area (Å²) < 4.78 is 0. The third kappa shape index (κ3) is 4.01. The molecule has 4 nitrogen and oxygen atoms in total. The fourth-order valence-corrected chi connectivity index (χ4v) is 4.48. The molecule has 0 atom stereocenters. The van der Waals surface area contributed by atoms with E-state index in [1.807, 2.05) is 26.8 Å². The van der Waals surface area contributed by atoms with Gasteiger partial charge in [0.05, 0.1) is 11.3 Å². The number of carbonyl (C=O) groups is 1. The van der Waals surface area contributed by atoms with E-state index in [1.54, 1.807) is 0 Å². The Hall–Kier alpha value is -2.32. The van der Waals surface area contributed by atoms with Gasteiger partial charge in [-0.15, -0.1) is 0 Å². The first-order valence-electron chi connectivity index (χ1n) is 9.30. The van der Waals surface area contributed by atoms with Crippen LogP contribution in [0.25, 0.3) is 0 Å². The van der Waals surface area contributed by atoms with Crippen LogP contribution < -0.4 is 5.32 Å². The number of carbonyl (C=O) groups excluding carboxylic acids is 1. The Labute approximate surface area is 165 Å². The Bertz CT molecular complexity index is 883. The lowest BCUT2D eigenvalue weighted by molar-refractivity contribution is -0.119. The van der Waals surface area contributed by atoms with Gasteiger partial charge < -0.3 is 5.32 Å². The number of nitrogens with zero attached hydrogens (tertiary/aromatic N) is 2. The summed E-state index contributed by atoms with van der Waals surface area (Å²) in [6.45, 7) is 6.52. The normalized spacial score (nSPS) is 14.9. The highest BCUT2D eigenvalue weighted by Crippen LogP contribution is 2.43. The first-order valence-corrected chi connectivity index (χ1v) is 10.3. The van der Waals surface area contributed by atoms with Gasteiger partial charge in [-0.25, -0.2) is 4.98 Å². The highest BCUT2D eigenvalue weighted by molar-refractivity contribution is 8.00. The molecule has 5 heteroatoms. The van der Waals surface area contributed by atoms with Crippen LogP contribution in [0, 0.1) is 32.1 Å². The van der Waals surface area contributed by atoms with Gasteiger partial charge in [0.25, 0.3) is 0 Å². The van der Waals surface area contributed by atoms with Gasteiger partial charge in [-0.2, -0.15) is 5.26 Å². The summed E-state index contributed by atoms with van der Waals surface area (Å²) in [4.78, 5) is 16.9. The number of benzene rings is 1. The number of nitriles is 1.